The molecule has 0 aromatic heterocycles. The smallest absolute Gasteiger partial charge is 0.0607 e. The second kappa shape index (κ2) is 6.86. The zero-order valence-electron chi connectivity index (χ0n) is 16.2. The van der Waals surface area contributed by atoms with Crippen molar-refractivity contribution in [2.24, 2.45) is 11.3 Å². The van der Waals surface area contributed by atoms with Crippen LogP contribution < -0.4 is 0 Å². The summed E-state index contributed by atoms with van der Waals surface area (Å²) in [5.74, 6) is 0.675. The molecule has 0 saturated heterocycles. The van der Waals surface area contributed by atoms with Crippen LogP contribution in [0.4, 0.5) is 0 Å². The standard InChI is InChI=1S/C10H15.C10H14.Zr.H/c1-7-6-10(4,5)9(3)8(7)2;1-6-7(2)9(4)10(5)8(6)3;;/h1-5H3;1,7H,2-5H3;;/q-1;;;-1. The van der Waals surface area contributed by atoms with Crippen molar-refractivity contribution in [2.75, 3.05) is 0 Å². The number of hydrogen-bond donors (Lipinski definition) is 0. The topological polar surface area (TPSA) is 0 Å². The molecule has 1 unspecified atom stereocenters. The summed E-state index contributed by atoms with van der Waals surface area (Å²) in [6, 6.07) is 0. The maximum atomic E-state index is 3.44. The Morgan fingerprint density at radius 1 is 1.00 bits per heavy atom. The van der Waals surface area contributed by atoms with Gasteiger partial charge in [-0.15, -0.1) is 6.92 Å². The minimum Gasteiger partial charge on any atom is -1.00 e. The van der Waals surface area contributed by atoms with Gasteiger partial charge in [0.25, 0.3) is 0 Å². The molecule has 116 valence electrons. The number of allylic oxidation sites excluding steroid dienone is 8. The zero-order valence-corrected chi connectivity index (χ0v) is 17.6. The largest absolute Gasteiger partial charge is 1.00 e. The first-order chi connectivity index (χ1) is 9.54. The monoisotopic (exact) mass is 360 g/mol. The van der Waals surface area contributed by atoms with Gasteiger partial charge in [0.05, 0.1) is 0 Å². The molecule has 0 spiro atoms. The average molecular weight is 362 g/mol. The van der Waals surface area contributed by atoms with Crippen LogP contribution in [-0.2, 0) is 24.2 Å². The van der Waals surface area contributed by atoms with Crippen LogP contribution in [0.3, 0.4) is 0 Å². The normalized spacial score (nSPS) is 24.2. The third kappa shape index (κ3) is 3.73. The minimum atomic E-state index is 0. The molecule has 2 aliphatic rings. The first kappa shape index (κ1) is 18.8. The van der Waals surface area contributed by atoms with Gasteiger partial charge in [-0.3, -0.25) is 6.08 Å². The Hall–Kier alpha value is -0.287. The Morgan fingerprint density at radius 3 is 1.67 bits per heavy atom. The molecule has 0 nitrogen and oxygen atoms in total. The van der Waals surface area contributed by atoms with Gasteiger partial charge in [0, 0.05) is 0 Å². The molecule has 0 aromatic rings. The summed E-state index contributed by atoms with van der Waals surface area (Å²) in [5.41, 5.74) is 10.5. The molecule has 0 amide bonds. The van der Waals surface area contributed by atoms with Crippen LogP contribution >= 0.6 is 0 Å². The van der Waals surface area contributed by atoms with Gasteiger partial charge in [-0.05, 0) is 0 Å². The Morgan fingerprint density at radius 2 is 1.52 bits per heavy atom. The van der Waals surface area contributed by atoms with Gasteiger partial charge in [-0.2, -0.15) is 11.1 Å². The first-order valence-electron chi connectivity index (χ1n) is 7.73. The van der Waals surface area contributed by atoms with Crippen molar-refractivity contribution in [2.45, 2.75) is 62.3 Å². The average Bonchev–Trinajstić information content (AvgIpc) is 2.71. The minimum absolute atomic E-state index is 0. The predicted molar refractivity (Wildman–Crippen MR) is 92.0 cm³/mol. The van der Waals surface area contributed by atoms with E-state index in [1.807, 2.05) is 0 Å². The fourth-order valence-electron chi connectivity index (χ4n) is 3.03. The summed E-state index contributed by atoms with van der Waals surface area (Å²) in [4.78, 5) is 0. The Kier molecular flexibility index (Phi) is 6.13. The summed E-state index contributed by atoms with van der Waals surface area (Å²) in [6.07, 6.45) is 3.44. The van der Waals surface area contributed by atoms with Gasteiger partial charge in [-0.25, -0.2) is 5.57 Å². The van der Waals surface area contributed by atoms with Gasteiger partial charge in [0.2, 0.25) is 0 Å². The van der Waals surface area contributed by atoms with E-state index >= 15 is 0 Å². The van der Waals surface area contributed by atoms with E-state index in [0.29, 0.717) is 5.92 Å². The van der Waals surface area contributed by atoms with E-state index in [-0.39, 0.29) is 6.84 Å². The van der Waals surface area contributed by atoms with Gasteiger partial charge in [-0.1, -0.05) is 33.1 Å². The zero-order chi connectivity index (χ0) is 16.5. The molecule has 2 rings (SSSR count). The van der Waals surface area contributed by atoms with Crippen molar-refractivity contribution >= 4 is 3.71 Å². The van der Waals surface area contributed by atoms with Gasteiger partial charge >= 0.3 is 83.8 Å². The molecule has 0 radical (unpaired) electrons. The second-order valence-electron chi connectivity index (χ2n) is 6.88. The van der Waals surface area contributed by atoms with Crippen LogP contribution in [0.1, 0.15) is 63.7 Å². The fourth-order valence-corrected chi connectivity index (χ4v) is 4.18. The maximum absolute atomic E-state index is 3.44. The first-order valence-corrected chi connectivity index (χ1v) is 9.15. The van der Waals surface area contributed by atoms with E-state index < -0.39 is 0 Å². The molecule has 21 heavy (non-hydrogen) atoms. The summed E-state index contributed by atoms with van der Waals surface area (Å²) in [7, 11) is 0. The van der Waals surface area contributed by atoms with Crippen molar-refractivity contribution in [3.05, 3.63) is 45.1 Å². The van der Waals surface area contributed by atoms with Crippen LogP contribution in [-0.4, -0.2) is 3.71 Å². The Balaban J connectivity index is 0.000000385. The van der Waals surface area contributed by atoms with E-state index in [9.17, 15) is 0 Å². The van der Waals surface area contributed by atoms with Crippen molar-refractivity contribution in [1.29, 1.82) is 0 Å². The molecule has 0 aromatic carbocycles. The van der Waals surface area contributed by atoms with E-state index in [2.05, 4.69) is 72.1 Å². The summed E-state index contributed by atoms with van der Waals surface area (Å²) < 4.78 is 2.33. The van der Waals surface area contributed by atoms with Crippen LogP contribution in [0.25, 0.3) is 0 Å². The third-order valence-electron chi connectivity index (χ3n) is 5.42. The summed E-state index contributed by atoms with van der Waals surface area (Å²) in [6.45, 7) is 19.9. The molecular weight excluding hydrogens is 331 g/mol. The molecule has 0 fully saturated rings. The number of rotatable bonds is 1. The third-order valence-corrected chi connectivity index (χ3v) is 6.19. The van der Waals surface area contributed by atoms with Gasteiger partial charge < -0.3 is 1.43 Å². The number of hydrogen-bond acceptors (Lipinski definition) is 0. The molecule has 1 heteroatoms. The van der Waals surface area contributed by atoms with Crippen LogP contribution in [0.2, 0.25) is 0 Å². The van der Waals surface area contributed by atoms with Crippen molar-refractivity contribution in [3.63, 3.8) is 0 Å². The molecule has 0 bridgehead atoms. The maximum Gasteiger partial charge on any atom is -0.0607 e. The molecule has 0 heterocycles. The fraction of sp³-hybridized carbons (Fsp3) is 0.550. The quantitative estimate of drug-likeness (QED) is 0.513. The van der Waals surface area contributed by atoms with Crippen molar-refractivity contribution in [3.8, 4) is 0 Å². The van der Waals surface area contributed by atoms with E-state index in [4.69, 9.17) is 0 Å². The Labute approximate surface area is 147 Å². The summed E-state index contributed by atoms with van der Waals surface area (Å²) >= 11 is 1.51. The molecule has 2 aliphatic carbocycles. The van der Waals surface area contributed by atoms with Crippen molar-refractivity contribution < 1.29 is 25.7 Å². The van der Waals surface area contributed by atoms with E-state index in [0.717, 1.165) is 0 Å². The second-order valence-corrected chi connectivity index (χ2v) is 7.59. The molecule has 1 atom stereocenters. The van der Waals surface area contributed by atoms with E-state index in [1.165, 1.54) is 52.1 Å². The molecule has 0 saturated carbocycles. The SMILES string of the molecule is CC1=C(C)C(C)C([CH]=[Zr])=C1C.CC1=[C-]C(C)(C)C(C)=C1C.[H-]. The van der Waals surface area contributed by atoms with Crippen LogP contribution in [0.5, 0.6) is 0 Å². The molecule has 0 aliphatic heterocycles. The van der Waals surface area contributed by atoms with Crippen LogP contribution in [0, 0.1) is 17.4 Å². The predicted octanol–water partition coefficient (Wildman–Crippen LogP) is 5.86. The Bertz CT molecular complexity index is 583. The molecule has 0 N–H and O–H groups in total. The molecular formula is C20H30Zr-2. The van der Waals surface area contributed by atoms with Gasteiger partial charge in [0.15, 0.2) is 0 Å². The van der Waals surface area contributed by atoms with Gasteiger partial charge in [0.1, 0.15) is 0 Å². The van der Waals surface area contributed by atoms with Crippen LogP contribution in [0.15, 0.2) is 39.0 Å². The van der Waals surface area contributed by atoms with Crippen molar-refractivity contribution in [1.82, 2.24) is 0 Å². The van der Waals surface area contributed by atoms with E-state index in [1.54, 1.807) is 11.1 Å². The summed E-state index contributed by atoms with van der Waals surface area (Å²) in [5, 5.41) is 0.